The van der Waals surface area contributed by atoms with E-state index in [2.05, 4.69) is 10.3 Å². The molecule has 1 N–H and O–H groups in total. The van der Waals surface area contributed by atoms with Crippen LogP contribution in [0, 0.1) is 6.92 Å². The van der Waals surface area contributed by atoms with E-state index in [1.807, 2.05) is 35.9 Å². The molecule has 0 radical (unpaired) electrons. The molecule has 1 saturated heterocycles. The molecule has 0 spiro atoms. The van der Waals surface area contributed by atoms with E-state index in [4.69, 9.17) is 0 Å². The largest absolute Gasteiger partial charge is 0.326 e. The number of rotatable bonds is 5. The first-order valence-corrected chi connectivity index (χ1v) is 11.7. The van der Waals surface area contributed by atoms with Crippen LogP contribution in [0.25, 0.3) is 5.65 Å². The fraction of sp³-hybridized carbons (Fsp3) is 0.364. The first-order valence-electron chi connectivity index (χ1n) is 10.3. The molecule has 0 atom stereocenters. The number of aromatic nitrogens is 2. The number of benzene rings is 1. The second-order valence-electron chi connectivity index (χ2n) is 7.73. The lowest BCUT2D eigenvalue weighted by Gasteiger charge is -2.20. The van der Waals surface area contributed by atoms with Crippen molar-refractivity contribution in [1.82, 2.24) is 13.7 Å². The maximum absolute atomic E-state index is 13.0. The Balaban J connectivity index is 1.48. The van der Waals surface area contributed by atoms with Crippen LogP contribution in [0.5, 0.6) is 0 Å². The molecule has 1 fully saturated rings. The third-order valence-corrected chi connectivity index (χ3v) is 7.28. The standard InChI is InChI=1S/C22H26N4O3S/c1-17-8-7-11-25-16-19(24-22(17)25)15-21(27)23-18-9-6-10-20(14-18)30(28,29)26-12-4-2-3-5-13-26/h6-11,14,16H,2-5,12-13,15H2,1H3,(H,23,27). The minimum atomic E-state index is -3.56. The van der Waals surface area contributed by atoms with Crippen molar-refractivity contribution in [2.75, 3.05) is 18.4 Å². The van der Waals surface area contributed by atoms with Crippen molar-refractivity contribution in [1.29, 1.82) is 0 Å². The number of hydrogen-bond acceptors (Lipinski definition) is 4. The summed E-state index contributed by atoms with van der Waals surface area (Å²) in [5.41, 5.74) is 2.99. The number of hydrogen-bond donors (Lipinski definition) is 1. The zero-order valence-electron chi connectivity index (χ0n) is 17.0. The summed E-state index contributed by atoms with van der Waals surface area (Å²) in [4.78, 5) is 17.3. The molecule has 158 valence electrons. The highest BCUT2D eigenvalue weighted by Gasteiger charge is 2.25. The van der Waals surface area contributed by atoms with Crippen molar-refractivity contribution in [3.63, 3.8) is 0 Å². The molecule has 3 aromatic rings. The molecule has 30 heavy (non-hydrogen) atoms. The number of amides is 1. The molecular weight excluding hydrogens is 400 g/mol. The van der Waals surface area contributed by atoms with Crippen LogP contribution in [0.1, 0.15) is 36.9 Å². The van der Waals surface area contributed by atoms with E-state index in [1.165, 1.54) is 6.07 Å². The minimum Gasteiger partial charge on any atom is -0.326 e. The van der Waals surface area contributed by atoms with E-state index in [1.54, 1.807) is 22.5 Å². The van der Waals surface area contributed by atoms with Crippen molar-refractivity contribution in [3.05, 3.63) is 60.0 Å². The predicted octanol–water partition coefficient (Wildman–Crippen LogP) is 3.39. The van der Waals surface area contributed by atoms with E-state index in [0.717, 1.165) is 36.9 Å². The van der Waals surface area contributed by atoms with Crippen LogP contribution in [-0.2, 0) is 21.2 Å². The Bertz CT molecular complexity index is 1160. The van der Waals surface area contributed by atoms with Gasteiger partial charge in [-0.3, -0.25) is 4.79 Å². The number of fused-ring (bicyclic) bond motifs is 1. The maximum Gasteiger partial charge on any atom is 0.243 e. The van der Waals surface area contributed by atoms with Crippen LogP contribution in [-0.4, -0.2) is 41.1 Å². The van der Waals surface area contributed by atoms with Gasteiger partial charge in [0.1, 0.15) is 5.65 Å². The van der Waals surface area contributed by atoms with E-state index in [0.29, 0.717) is 24.5 Å². The molecule has 3 heterocycles. The van der Waals surface area contributed by atoms with E-state index in [9.17, 15) is 13.2 Å². The van der Waals surface area contributed by atoms with Crippen LogP contribution in [0.4, 0.5) is 5.69 Å². The Morgan fingerprint density at radius 3 is 2.60 bits per heavy atom. The van der Waals surface area contributed by atoms with Crippen LogP contribution in [0.2, 0.25) is 0 Å². The Labute approximate surface area is 176 Å². The van der Waals surface area contributed by atoms with E-state index < -0.39 is 10.0 Å². The molecule has 7 nitrogen and oxygen atoms in total. The maximum atomic E-state index is 13.0. The third-order valence-electron chi connectivity index (χ3n) is 5.39. The number of nitrogens with zero attached hydrogens (tertiary/aromatic N) is 3. The van der Waals surface area contributed by atoms with Crippen molar-refractivity contribution in [2.45, 2.75) is 43.9 Å². The normalized spacial score (nSPS) is 15.8. The molecule has 2 aromatic heterocycles. The predicted molar refractivity (Wildman–Crippen MR) is 116 cm³/mol. The highest BCUT2D eigenvalue weighted by atomic mass is 32.2. The summed E-state index contributed by atoms with van der Waals surface area (Å²) < 4.78 is 29.5. The van der Waals surface area contributed by atoms with Gasteiger partial charge in [-0.25, -0.2) is 13.4 Å². The molecule has 0 bridgehead atoms. The fourth-order valence-corrected chi connectivity index (χ4v) is 5.39. The van der Waals surface area contributed by atoms with Crippen molar-refractivity contribution < 1.29 is 13.2 Å². The molecular formula is C22H26N4O3S. The molecule has 0 aliphatic carbocycles. The summed E-state index contributed by atoms with van der Waals surface area (Å²) in [6, 6.07) is 10.4. The van der Waals surface area contributed by atoms with E-state index in [-0.39, 0.29) is 17.2 Å². The number of imidazole rings is 1. The summed E-state index contributed by atoms with van der Waals surface area (Å²) in [5, 5.41) is 2.81. The topological polar surface area (TPSA) is 83.8 Å². The summed E-state index contributed by atoms with van der Waals surface area (Å²) in [6.07, 6.45) is 7.73. The summed E-state index contributed by atoms with van der Waals surface area (Å²) >= 11 is 0. The Morgan fingerprint density at radius 2 is 1.87 bits per heavy atom. The first-order chi connectivity index (χ1) is 14.4. The SMILES string of the molecule is Cc1cccn2cc(CC(=O)Nc3cccc(S(=O)(=O)N4CCCCCC4)c3)nc12. The smallest absolute Gasteiger partial charge is 0.243 e. The zero-order valence-corrected chi connectivity index (χ0v) is 17.9. The van der Waals surface area contributed by atoms with Crippen molar-refractivity contribution in [3.8, 4) is 0 Å². The number of pyridine rings is 1. The monoisotopic (exact) mass is 426 g/mol. The van der Waals surface area contributed by atoms with Gasteiger partial charge in [0.2, 0.25) is 15.9 Å². The van der Waals surface area contributed by atoms with Crippen LogP contribution in [0.3, 0.4) is 0 Å². The molecule has 1 aliphatic rings. The van der Waals surface area contributed by atoms with Gasteiger partial charge in [-0.2, -0.15) is 4.31 Å². The molecule has 1 aliphatic heterocycles. The Morgan fingerprint density at radius 1 is 1.10 bits per heavy atom. The molecule has 8 heteroatoms. The number of aryl methyl sites for hydroxylation is 1. The van der Waals surface area contributed by atoms with Gasteiger partial charge in [-0.1, -0.05) is 25.0 Å². The van der Waals surface area contributed by atoms with Gasteiger partial charge in [-0.05, 0) is 49.6 Å². The number of carbonyl (C=O) groups is 1. The summed E-state index contributed by atoms with van der Waals surface area (Å²) in [5.74, 6) is -0.236. The molecule has 0 saturated carbocycles. The Kier molecular flexibility index (Phi) is 5.87. The molecule has 0 unspecified atom stereocenters. The minimum absolute atomic E-state index is 0.115. The van der Waals surface area contributed by atoms with Gasteiger partial charge in [-0.15, -0.1) is 0 Å². The van der Waals surface area contributed by atoms with Crippen molar-refractivity contribution >= 4 is 27.3 Å². The zero-order chi connectivity index (χ0) is 21.1. The molecule has 1 aromatic carbocycles. The van der Waals surface area contributed by atoms with Gasteiger partial charge in [0, 0.05) is 31.2 Å². The molecule has 1 amide bonds. The van der Waals surface area contributed by atoms with Gasteiger partial charge in [0.15, 0.2) is 0 Å². The second kappa shape index (κ2) is 8.57. The van der Waals surface area contributed by atoms with Crippen LogP contribution in [0.15, 0.2) is 53.7 Å². The van der Waals surface area contributed by atoms with Gasteiger partial charge in [0.05, 0.1) is 17.0 Å². The van der Waals surface area contributed by atoms with Crippen molar-refractivity contribution in [2.24, 2.45) is 0 Å². The highest BCUT2D eigenvalue weighted by Crippen LogP contribution is 2.23. The summed E-state index contributed by atoms with van der Waals surface area (Å²) in [6.45, 7) is 3.07. The van der Waals surface area contributed by atoms with Gasteiger partial charge in [0.25, 0.3) is 0 Å². The first kappa shape index (κ1) is 20.6. The van der Waals surface area contributed by atoms with Crippen LogP contribution >= 0.6 is 0 Å². The average Bonchev–Trinajstić information content (AvgIpc) is 2.93. The number of sulfonamides is 1. The fourth-order valence-electron chi connectivity index (χ4n) is 3.82. The van der Waals surface area contributed by atoms with E-state index >= 15 is 0 Å². The van der Waals surface area contributed by atoms with Crippen LogP contribution < -0.4 is 5.32 Å². The molecule has 4 rings (SSSR count). The third kappa shape index (κ3) is 4.39. The highest BCUT2D eigenvalue weighted by molar-refractivity contribution is 7.89. The number of nitrogens with one attached hydrogen (secondary N) is 1. The number of anilines is 1. The number of carbonyl (C=O) groups excluding carboxylic acids is 1. The lowest BCUT2D eigenvalue weighted by molar-refractivity contribution is -0.115. The summed E-state index contributed by atoms with van der Waals surface area (Å²) in [7, 11) is -3.56. The lowest BCUT2D eigenvalue weighted by atomic mass is 10.2. The second-order valence-corrected chi connectivity index (χ2v) is 9.66. The quantitative estimate of drug-likeness (QED) is 0.678. The Hall–Kier alpha value is -2.71. The lowest BCUT2D eigenvalue weighted by Crippen LogP contribution is -2.32. The average molecular weight is 427 g/mol. The van der Waals surface area contributed by atoms with Gasteiger partial charge >= 0.3 is 0 Å². The van der Waals surface area contributed by atoms with Gasteiger partial charge < -0.3 is 9.72 Å².